The van der Waals surface area contributed by atoms with Gasteiger partial charge in [0.25, 0.3) is 0 Å². The van der Waals surface area contributed by atoms with E-state index in [0.29, 0.717) is 21.0 Å². The number of rotatable bonds is 8. The maximum atomic E-state index is 6.15. The summed E-state index contributed by atoms with van der Waals surface area (Å²) in [5, 5.41) is 5.39. The topological polar surface area (TPSA) is 12.0 Å². The van der Waals surface area contributed by atoms with E-state index in [1.54, 1.807) is 12.1 Å². The molecule has 4 heteroatoms. The van der Waals surface area contributed by atoms with E-state index in [9.17, 15) is 0 Å². The second-order valence-electron chi connectivity index (χ2n) is 5.26. The monoisotopic (exact) mass is 321 g/mol. The lowest BCUT2D eigenvalue weighted by Crippen LogP contribution is -2.20. The molecule has 1 aromatic rings. The van der Waals surface area contributed by atoms with Gasteiger partial charge < -0.3 is 5.32 Å². The summed E-state index contributed by atoms with van der Waals surface area (Å²) in [6.45, 7) is 6.62. The van der Waals surface area contributed by atoms with E-state index in [-0.39, 0.29) is 0 Å². The highest BCUT2D eigenvalue weighted by Gasteiger charge is 2.07. The second-order valence-corrected chi connectivity index (χ2v) is 6.51. The van der Waals surface area contributed by atoms with E-state index in [1.165, 1.54) is 12.8 Å². The zero-order chi connectivity index (χ0) is 14.3. The van der Waals surface area contributed by atoms with Crippen LogP contribution in [0.3, 0.4) is 0 Å². The molecule has 1 N–H and O–H groups in total. The van der Waals surface area contributed by atoms with Gasteiger partial charge in [-0.25, -0.2) is 0 Å². The van der Waals surface area contributed by atoms with Gasteiger partial charge in [0.1, 0.15) is 0 Å². The smallest absolute Gasteiger partial charge is 0.0467 e. The molecule has 0 amide bonds. The van der Waals surface area contributed by atoms with Gasteiger partial charge >= 0.3 is 0 Å². The zero-order valence-electron chi connectivity index (χ0n) is 11.6. The largest absolute Gasteiger partial charge is 0.316 e. The van der Waals surface area contributed by atoms with E-state index in [4.69, 9.17) is 34.8 Å². The predicted octanol–water partition coefficient (Wildman–Crippen LogP) is 5.61. The number of hydrogen-bond donors (Lipinski definition) is 1. The van der Waals surface area contributed by atoms with Crippen LogP contribution in [0.15, 0.2) is 12.1 Å². The molecule has 0 unspecified atom stereocenters. The molecule has 0 radical (unpaired) electrons. The summed E-state index contributed by atoms with van der Waals surface area (Å²) in [5.74, 6) is 0.715. The number of halogens is 3. The first-order chi connectivity index (χ1) is 9.00. The Labute approximate surface area is 131 Å². The fourth-order valence-electron chi connectivity index (χ4n) is 1.93. The average molecular weight is 323 g/mol. The van der Waals surface area contributed by atoms with Gasteiger partial charge in [0, 0.05) is 15.1 Å². The van der Waals surface area contributed by atoms with Gasteiger partial charge in [0.2, 0.25) is 0 Å². The highest BCUT2D eigenvalue weighted by atomic mass is 35.5. The van der Waals surface area contributed by atoms with E-state index in [1.807, 2.05) is 0 Å². The summed E-state index contributed by atoms with van der Waals surface area (Å²) in [5.41, 5.74) is 1.02. The van der Waals surface area contributed by atoms with Gasteiger partial charge in [-0.05, 0) is 56.0 Å². The summed E-state index contributed by atoms with van der Waals surface area (Å²) >= 11 is 18.2. The summed E-state index contributed by atoms with van der Waals surface area (Å²) < 4.78 is 0. The van der Waals surface area contributed by atoms with Crippen LogP contribution in [0, 0.1) is 5.92 Å². The molecule has 1 rings (SSSR count). The van der Waals surface area contributed by atoms with Crippen molar-refractivity contribution in [2.45, 2.75) is 39.5 Å². The third-order valence-electron chi connectivity index (χ3n) is 2.94. The first kappa shape index (κ1) is 17.1. The van der Waals surface area contributed by atoms with E-state index < -0.39 is 0 Å². The summed E-state index contributed by atoms with van der Waals surface area (Å²) in [6.07, 6.45) is 4.39. The lowest BCUT2D eigenvalue weighted by molar-refractivity contribution is 0.530. The SMILES string of the molecule is CC(C)CNCCCCCc1c(Cl)cc(Cl)cc1Cl. The Kier molecular flexibility index (Phi) is 8.17. The van der Waals surface area contributed by atoms with E-state index in [2.05, 4.69) is 19.2 Å². The van der Waals surface area contributed by atoms with Crippen LogP contribution >= 0.6 is 34.8 Å². The Morgan fingerprint density at radius 2 is 1.63 bits per heavy atom. The lowest BCUT2D eigenvalue weighted by atomic mass is 10.1. The number of benzene rings is 1. The Morgan fingerprint density at radius 1 is 1.00 bits per heavy atom. The van der Waals surface area contributed by atoms with E-state index >= 15 is 0 Å². The molecule has 1 nitrogen and oxygen atoms in total. The summed E-state index contributed by atoms with van der Waals surface area (Å²) in [7, 11) is 0. The van der Waals surface area contributed by atoms with Crippen molar-refractivity contribution in [3.63, 3.8) is 0 Å². The molecule has 0 aliphatic rings. The van der Waals surface area contributed by atoms with Crippen molar-refractivity contribution < 1.29 is 0 Å². The number of hydrogen-bond acceptors (Lipinski definition) is 1. The van der Waals surface area contributed by atoms with E-state index in [0.717, 1.165) is 31.5 Å². The molecule has 0 spiro atoms. The lowest BCUT2D eigenvalue weighted by Gasteiger charge is -2.09. The quantitative estimate of drug-likeness (QED) is 0.614. The molecule has 0 saturated heterocycles. The zero-order valence-corrected chi connectivity index (χ0v) is 13.9. The third-order valence-corrected chi connectivity index (χ3v) is 3.83. The molecule has 0 saturated carbocycles. The first-order valence-corrected chi connectivity index (χ1v) is 7.98. The van der Waals surface area contributed by atoms with Gasteiger partial charge in [0.05, 0.1) is 0 Å². The van der Waals surface area contributed by atoms with Crippen LogP contribution in [0.4, 0.5) is 0 Å². The van der Waals surface area contributed by atoms with Gasteiger partial charge in [0.15, 0.2) is 0 Å². The van der Waals surface area contributed by atoms with Crippen molar-refractivity contribution in [3.05, 3.63) is 32.8 Å². The van der Waals surface area contributed by atoms with Crippen molar-refractivity contribution in [1.29, 1.82) is 0 Å². The highest BCUT2D eigenvalue weighted by Crippen LogP contribution is 2.30. The molecule has 108 valence electrons. The van der Waals surface area contributed by atoms with Gasteiger partial charge in [-0.15, -0.1) is 0 Å². The fraction of sp³-hybridized carbons (Fsp3) is 0.600. The fourth-order valence-corrected chi connectivity index (χ4v) is 2.94. The Bertz CT molecular complexity index is 368. The molecule has 0 aromatic heterocycles. The molecule has 0 bridgehead atoms. The molecular weight excluding hydrogens is 301 g/mol. The molecule has 19 heavy (non-hydrogen) atoms. The molecule has 0 heterocycles. The number of unbranched alkanes of at least 4 members (excludes halogenated alkanes) is 2. The highest BCUT2D eigenvalue weighted by molar-refractivity contribution is 6.39. The first-order valence-electron chi connectivity index (χ1n) is 6.85. The van der Waals surface area contributed by atoms with Crippen LogP contribution in [0.2, 0.25) is 15.1 Å². The molecular formula is C15H22Cl3N. The maximum absolute atomic E-state index is 6.15. The Morgan fingerprint density at radius 3 is 2.21 bits per heavy atom. The van der Waals surface area contributed by atoms with Crippen molar-refractivity contribution in [2.75, 3.05) is 13.1 Å². The maximum Gasteiger partial charge on any atom is 0.0467 e. The minimum absolute atomic E-state index is 0.594. The van der Waals surface area contributed by atoms with Crippen LogP contribution in [0.25, 0.3) is 0 Å². The normalized spacial score (nSPS) is 11.3. The molecule has 1 aromatic carbocycles. The van der Waals surface area contributed by atoms with Crippen LogP contribution < -0.4 is 5.32 Å². The van der Waals surface area contributed by atoms with Crippen LogP contribution in [0.1, 0.15) is 38.7 Å². The Balaban J connectivity index is 2.23. The van der Waals surface area contributed by atoms with Crippen molar-refractivity contribution in [3.8, 4) is 0 Å². The predicted molar refractivity (Wildman–Crippen MR) is 86.7 cm³/mol. The average Bonchev–Trinajstić information content (AvgIpc) is 2.30. The minimum atomic E-state index is 0.594. The van der Waals surface area contributed by atoms with Crippen LogP contribution in [-0.4, -0.2) is 13.1 Å². The number of nitrogens with one attached hydrogen (secondary N) is 1. The van der Waals surface area contributed by atoms with Crippen LogP contribution in [0.5, 0.6) is 0 Å². The minimum Gasteiger partial charge on any atom is -0.316 e. The van der Waals surface area contributed by atoms with Crippen molar-refractivity contribution in [1.82, 2.24) is 5.32 Å². The van der Waals surface area contributed by atoms with Crippen molar-refractivity contribution >= 4 is 34.8 Å². The van der Waals surface area contributed by atoms with Gasteiger partial charge in [-0.1, -0.05) is 55.1 Å². The van der Waals surface area contributed by atoms with Crippen molar-refractivity contribution in [2.24, 2.45) is 5.92 Å². The second kappa shape index (κ2) is 9.07. The van der Waals surface area contributed by atoms with Gasteiger partial charge in [-0.3, -0.25) is 0 Å². The molecule has 0 fully saturated rings. The Hall–Kier alpha value is 0.0500. The summed E-state index contributed by atoms with van der Waals surface area (Å²) in [6, 6.07) is 3.52. The van der Waals surface area contributed by atoms with Crippen LogP contribution in [-0.2, 0) is 6.42 Å². The standard InChI is InChI=1S/C15H22Cl3N/c1-11(2)10-19-7-5-3-4-6-13-14(17)8-12(16)9-15(13)18/h8-9,11,19H,3-7,10H2,1-2H3. The molecule has 0 atom stereocenters. The third kappa shape index (κ3) is 6.85. The summed E-state index contributed by atoms with van der Waals surface area (Å²) in [4.78, 5) is 0. The van der Waals surface area contributed by atoms with Gasteiger partial charge in [-0.2, -0.15) is 0 Å². The molecule has 0 aliphatic carbocycles. The molecule has 0 aliphatic heterocycles.